The van der Waals surface area contributed by atoms with Crippen molar-refractivity contribution in [2.75, 3.05) is 52.4 Å². The van der Waals surface area contributed by atoms with Crippen molar-refractivity contribution in [3.05, 3.63) is 70.8 Å². The third-order valence-corrected chi connectivity index (χ3v) is 4.98. The van der Waals surface area contributed by atoms with Crippen LogP contribution in [0, 0.1) is 13.8 Å². The van der Waals surface area contributed by atoms with Crippen LogP contribution in [-0.4, -0.2) is 57.3 Å². The van der Waals surface area contributed by atoms with Crippen LogP contribution in [0.3, 0.4) is 0 Å². The zero-order chi connectivity index (χ0) is 20.7. The third-order valence-electron chi connectivity index (χ3n) is 4.98. The van der Waals surface area contributed by atoms with Crippen molar-refractivity contribution in [3.8, 4) is 0 Å². The minimum Gasteiger partial charge on any atom is -0.329 e. The standard InChI is InChI=1S/C24H39N5/c1-21-3-7-23(8-4-21)19-28-15-14-26-12-13-27-16-18-29(17-11-25)20-24-9-5-22(2)6-10-24/h3-10,26-28H,11-20,25H2,1-2H3. The van der Waals surface area contributed by atoms with Gasteiger partial charge in [-0.3, -0.25) is 4.90 Å². The molecule has 2 aromatic carbocycles. The summed E-state index contributed by atoms with van der Waals surface area (Å²) in [4.78, 5) is 2.42. The molecule has 0 fully saturated rings. The van der Waals surface area contributed by atoms with E-state index in [4.69, 9.17) is 5.73 Å². The fourth-order valence-corrected chi connectivity index (χ4v) is 3.18. The normalized spacial score (nSPS) is 11.3. The molecular formula is C24H39N5. The summed E-state index contributed by atoms with van der Waals surface area (Å²) < 4.78 is 0. The van der Waals surface area contributed by atoms with E-state index in [0.717, 1.165) is 58.9 Å². The van der Waals surface area contributed by atoms with Crippen LogP contribution in [0.5, 0.6) is 0 Å². The van der Waals surface area contributed by atoms with Gasteiger partial charge in [0, 0.05) is 65.4 Å². The number of nitrogens with one attached hydrogen (secondary N) is 3. The molecule has 5 N–H and O–H groups in total. The van der Waals surface area contributed by atoms with Crippen LogP contribution in [0.15, 0.2) is 48.5 Å². The highest BCUT2D eigenvalue weighted by atomic mass is 15.1. The zero-order valence-corrected chi connectivity index (χ0v) is 18.2. The second-order valence-electron chi connectivity index (χ2n) is 7.71. The summed E-state index contributed by atoms with van der Waals surface area (Å²) in [6, 6.07) is 17.5. The van der Waals surface area contributed by atoms with Crippen molar-refractivity contribution >= 4 is 0 Å². The van der Waals surface area contributed by atoms with Crippen molar-refractivity contribution in [2.24, 2.45) is 5.73 Å². The first kappa shape index (κ1) is 23.5. The SMILES string of the molecule is Cc1ccc(CNCCNCCNCCN(CCN)Cc2ccc(C)cc2)cc1. The van der Waals surface area contributed by atoms with E-state index in [0.29, 0.717) is 6.54 Å². The highest BCUT2D eigenvalue weighted by Crippen LogP contribution is 2.06. The lowest BCUT2D eigenvalue weighted by molar-refractivity contribution is 0.272. The summed E-state index contributed by atoms with van der Waals surface area (Å²) in [5.41, 5.74) is 11.1. The summed E-state index contributed by atoms with van der Waals surface area (Å²) in [6.07, 6.45) is 0. The molecule has 0 heterocycles. The third kappa shape index (κ3) is 10.5. The number of nitrogens with two attached hydrogens (primary N) is 1. The smallest absolute Gasteiger partial charge is 0.0234 e. The van der Waals surface area contributed by atoms with Crippen molar-refractivity contribution in [1.29, 1.82) is 0 Å². The van der Waals surface area contributed by atoms with Gasteiger partial charge in [-0.2, -0.15) is 0 Å². The Bertz CT molecular complexity index is 654. The molecule has 0 bridgehead atoms. The van der Waals surface area contributed by atoms with Gasteiger partial charge in [0.1, 0.15) is 0 Å². The Balaban J connectivity index is 1.47. The molecule has 2 aromatic rings. The van der Waals surface area contributed by atoms with Crippen LogP contribution < -0.4 is 21.7 Å². The lowest BCUT2D eigenvalue weighted by Crippen LogP contribution is -2.38. The first-order valence-corrected chi connectivity index (χ1v) is 10.8. The van der Waals surface area contributed by atoms with Crippen LogP contribution in [0.25, 0.3) is 0 Å². The topological polar surface area (TPSA) is 65.3 Å². The molecule has 0 saturated carbocycles. The number of hydrogen-bond acceptors (Lipinski definition) is 5. The van der Waals surface area contributed by atoms with E-state index >= 15 is 0 Å². The van der Waals surface area contributed by atoms with Crippen molar-refractivity contribution in [3.63, 3.8) is 0 Å². The maximum Gasteiger partial charge on any atom is 0.0234 e. The predicted octanol–water partition coefficient (Wildman–Crippen LogP) is 2.03. The minimum absolute atomic E-state index is 0.697. The van der Waals surface area contributed by atoms with Crippen LogP contribution in [0.4, 0.5) is 0 Å². The summed E-state index contributed by atoms with van der Waals surface area (Å²) >= 11 is 0. The summed E-state index contributed by atoms with van der Waals surface area (Å²) in [6.45, 7) is 13.7. The largest absolute Gasteiger partial charge is 0.329 e. The molecule has 0 aliphatic heterocycles. The lowest BCUT2D eigenvalue weighted by Gasteiger charge is -2.22. The van der Waals surface area contributed by atoms with Crippen LogP contribution in [0.1, 0.15) is 22.3 Å². The average molecular weight is 398 g/mol. The Morgan fingerprint density at radius 2 is 1.17 bits per heavy atom. The number of rotatable bonds is 15. The van der Waals surface area contributed by atoms with Gasteiger partial charge in [-0.1, -0.05) is 59.7 Å². The Kier molecular flexibility index (Phi) is 11.6. The minimum atomic E-state index is 0.697. The van der Waals surface area contributed by atoms with Crippen molar-refractivity contribution < 1.29 is 0 Å². The summed E-state index contributed by atoms with van der Waals surface area (Å²) in [7, 11) is 0. The van der Waals surface area contributed by atoms with Gasteiger partial charge in [0.05, 0.1) is 0 Å². The average Bonchev–Trinajstić information content (AvgIpc) is 2.72. The Labute approximate surface area is 177 Å². The monoisotopic (exact) mass is 397 g/mol. The second kappa shape index (κ2) is 14.3. The number of hydrogen-bond donors (Lipinski definition) is 4. The first-order valence-electron chi connectivity index (χ1n) is 10.8. The quantitative estimate of drug-likeness (QED) is 0.346. The van der Waals surface area contributed by atoms with Crippen molar-refractivity contribution in [1.82, 2.24) is 20.9 Å². The number of aryl methyl sites for hydroxylation is 2. The molecule has 29 heavy (non-hydrogen) atoms. The van der Waals surface area contributed by atoms with Crippen LogP contribution in [-0.2, 0) is 13.1 Å². The van der Waals surface area contributed by atoms with Gasteiger partial charge in [-0.05, 0) is 25.0 Å². The molecule has 0 saturated heterocycles. The Hall–Kier alpha value is -1.76. The fraction of sp³-hybridized carbons (Fsp3) is 0.500. The molecule has 5 nitrogen and oxygen atoms in total. The van der Waals surface area contributed by atoms with Gasteiger partial charge in [0.2, 0.25) is 0 Å². The molecule has 160 valence electrons. The predicted molar refractivity (Wildman–Crippen MR) is 124 cm³/mol. The van der Waals surface area contributed by atoms with Gasteiger partial charge >= 0.3 is 0 Å². The lowest BCUT2D eigenvalue weighted by atomic mass is 10.1. The molecule has 0 aliphatic carbocycles. The molecular weight excluding hydrogens is 358 g/mol. The molecule has 2 rings (SSSR count). The maximum atomic E-state index is 5.78. The van der Waals surface area contributed by atoms with E-state index in [1.165, 1.54) is 22.3 Å². The molecule has 0 aliphatic rings. The van der Waals surface area contributed by atoms with Gasteiger partial charge < -0.3 is 21.7 Å². The van der Waals surface area contributed by atoms with E-state index in [-0.39, 0.29) is 0 Å². The van der Waals surface area contributed by atoms with E-state index < -0.39 is 0 Å². The zero-order valence-electron chi connectivity index (χ0n) is 18.2. The molecule has 0 radical (unpaired) electrons. The number of benzene rings is 2. The van der Waals surface area contributed by atoms with Gasteiger partial charge in [-0.25, -0.2) is 0 Å². The summed E-state index contributed by atoms with van der Waals surface area (Å²) in [5.74, 6) is 0. The molecule has 0 unspecified atom stereocenters. The van der Waals surface area contributed by atoms with Gasteiger partial charge in [0.25, 0.3) is 0 Å². The van der Waals surface area contributed by atoms with Crippen LogP contribution >= 0.6 is 0 Å². The molecule has 5 heteroatoms. The van der Waals surface area contributed by atoms with E-state index in [2.05, 4.69) is 83.2 Å². The second-order valence-corrected chi connectivity index (χ2v) is 7.71. The van der Waals surface area contributed by atoms with Gasteiger partial charge in [-0.15, -0.1) is 0 Å². The van der Waals surface area contributed by atoms with Crippen LogP contribution in [0.2, 0.25) is 0 Å². The maximum absolute atomic E-state index is 5.78. The molecule has 0 spiro atoms. The van der Waals surface area contributed by atoms with E-state index in [1.807, 2.05) is 0 Å². The fourth-order valence-electron chi connectivity index (χ4n) is 3.18. The van der Waals surface area contributed by atoms with E-state index in [9.17, 15) is 0 Å². The Morgan fingerprint density at radius 3 is 1.76 bits per heavy atom. The van der Waals surface area contributed by atoms with Gasteiger partial charge in [0.15, 0.2) is 0 Å². The molecule has 0 aromatic heterocycles. The van der Waals surface area contributed by atoms with E-state index in [1.54, 1.807) is 0 Å². The Morgan fingerprint density at radius 1 is 0.655 bits per heavy atom. The van der Waals surface area contributed by atoms with Crippen molar-refractivity contribution in [2.45, 2.75) is 26.9 Å². The molecule has 0 amide bonds. The highest BCUT2D eigenvalue weighted by Gasteiger charge is 2.04. The highest BCUT2D eigenvalue weighted by molar-refractivity contribution is 5.21. The summed E-state index contributed by atoms with van der Waals surface area (Å²) in [5, 5.41) is 10.5. The first-order chi connectivity index (χ1) is 14.2. The number of nitrogens with zero attached hydrogens (tertiary/aromatic N) is 1. The molecule has 0 atom stereocenters.